The summed E-state index contributed by atoms with van der Waals surface area (Å²) in [7, 11) is 1.48. The van der Waals surface area contributed by atoms with Crippen LogP contribution in [0.25, 0.3) is 11.1 Å². The lowest BCUT2D eigenvalue weighted by atomic mass is 9.85. The Balaban J connectivity index is 1.93. The molecule has 6 nitrogen and oxygen atoms in total. The van der Waals surface area contributed by atoms with Gasteiger partial charge in [-0.25, -0.2) is 8.78 Å². The summed E-state index contributed by atoms with van der Waals surface area (Å²) in [6.07, 6.45) is 0.171. The summed E-state index contributed by atoms with van der Waals surface area (Å²) < 4.78 is 47.3. The van der Waals surface area contributed by atoms with E-state index in [1.807, 2.05) is 30.3 Å². The molecule has 34 heavy (non-hydrogen) atoms. The van der Waals surface area contributed by atoms with E-state index in [0.717, 1.165) is 11.6 Å². The number of carbonyl (C=O) groups excluding carboxylic acids is 1. The highest BCUT2D eigenvalue weighted by molar-refractivity contribution is 6.34. The molecule has 0 fully saturated rings. The maximum Gasteiger partial charge on any atom is 0.249 e. The van der Waals surface area contributed by atoms with Gasteiger partial charge in [-0.2, -0.15) is 0 Å². The standard InChI is InChI=1S/C25H23ClF2N2O4/c1-32-9-10-33-18-8-7-15(24(30)31)21(23(18)28)20-16-12-25(13-29,14-5-3-2-4-6-14)34-19(16)11-17(27)22(20)26/h2-8,11H,9-10,12-13,29H2,1H3,(H2,30,31). The minimum atomic E-state index is -1.02. The Morgan fingerprint density at radius 2 is 1.88 bits per heavy atom. The SMILES string of the molecule is COCCOc1ccc(C(N)=O)c(-c2c(Cl)c(F)cc3c2CC(CN)(c2ccccc2)O3)c1F. The van der Waals surface area contributed by atoms with Crippen LogP contribution in [0.4, 0.5) is 8.78 Å². The molecule has 0 aliphatic carbocycles. The maximum absolute atomic E-state index is 15.8. The first-order valence-electron chi connectivity index (χ1n) is 10.5. The topological polar surface area (TPSA) is 96.8 Å². The summed E-state index contributed by atoms with van der Waals surface area (Å²) >= 11 is 6.38. The van der Waals surface area contributed by atoms with E-state index >= 15 is 4.39 Å². The number of methoxy groups -OCH3 is 1. The van der Waals surface area contributed by atoms with Gasteiger partial charge >= 0.3 is 0 Å². The van der Waals surface area contributed by atoms with Crippen molar-refractivity contribution in [2.45, 2.75) is 12.0 Å². The third-order valence-corrected chi connectivity index (χ3v) is 6.22. The number of benzene rings is 3. The van der Waals surface area contributed by atoms with Crippen LogP contribution in [0.5, 0.6) is 11.5 Å². The average molecular weight is 489 g/mol. The van der Waals surface area contributed by atoms with Gasteiger partial charge in [0.15, 0.2) is 17.2 Å². The zero-order valence-corrected chi connectivity index (χ0v) is 19.1. The molecule has 0 bridgehead atoms. The quantitative estimate of drug-likeness (QED) is 0.463. The Morgan fingerprint density at radius 1 is 1.15 bits per heavy atom. The molecule has 3 aromatic carbocycles. The highest BCUT2D eigenvalue weighted by Crippen LogP contribution is 2.50. The Hall–Kier alpha value is -3.20. The van der Waals surface area contributed by atoms with E-state index in [9.17, 15) is 9.18 Å². The summed E-state index contributed by atoms with van der Waals surface area (Å²) in [5.74, 6) is -2.63. The lowest BCUT2D eigenvalue weighted by Gasteiger charge is -2.27. The van der Waals surface area contributed by atoms with Gasteiger partial charge in [0, 0.05) is 42.8 Å². The van der Waals surface area contributed by atoms with Crippen LogP contribution in [-0.2, 0) is 16.8 Å². The van der Waals surface area contributed by atoms with E-state index in [2.05, 4.69) is 0 Å². The number of halogens is 3. The molecule has 1 unspecified atom stereocenters. The molecular formula is C25H23ClF2N2O4. The van der Waals surface area contributed by atoms with Gasteiger partial charge in [0.05, 0.1) is 17.2 Å². The summed E-state index contributed by atoms with van der Waals surface area (Å²) in [5.41, 5.74) is 11.4. The molecule has 9 heteroatoms. The zero-order valence-electron chi connectivity index (χ0n) is 18.4. The number of primary amides is 1. The van der Waals surface area contributed by atoms with Gasteiger partial charge < -0.3 is 25.7 Å². The highest BCUT2D eigenvalue weighted by atomic mass is 35.5. The van der Waals surface area contributed by atoms with E-state index in [1.165, 1.54) is 19.2 Å². The number of ether oxygens (including phenoxy) is 3. The molecule has 178 valence electrons. The van der Waals surface area contributed by atoms with Crippen LogP contribution < -0.4 is 20.9 Å². The van der Waals surface area contributed by atoms with E-state index in [1.54, 1.807) is 0 Å². The number of hydrogen-bond donors (Lipinski definition) is 2. The van der Waals surface area contributed by atoms with Crippen molar-refractivity contribution in [3.05, 3.63) is 81.9 Å². The Labute approximate surface area is 200 Å². The van der Waals surface area contributed by atoms with E-state index in [-0.39, 0.29) is 59.4 Å². The third kappa shape index (κ3) is 4.09. The van der Waals surface area contributed by atoms with Crippen molar-refractivity contribution >= 4 is 17.5 Å². The second-order valence-electron chi connectivity index (χ2n) is 7.87. The van der Waals surface area contributed by atoms with Crippen molar-refractivity contribution < 1.29 is 27.8 Å². The molecule has 0 radical (unpaired) electrons. The van der Waals surface area contributed by atoms with Gasteiger partial charge in [-0.05, 0) is 17.7 Å². The van der Waals surface area contributed by atoms with Crippen LogP contribution in [0.15, 0.2) is 48.5 Å². The predicted molar refractivity (Wildman–Crippen MR) is 124 cm³/mol. The summed E-state index contributed by atoms with van der Waals surface area (Å²) in [6, 6.07) is 12.9. The predicted octanol–water partition coefficient (Wildman–Crippen LogP) is 4.20. The van der Waals surface area contributed by atoms with Crippen LogP contribution in [0.1, 0.15) is 21.5 Å². The molecule has 0 saturated heterocycles. The molecule has 1 aliphatic rings. The molecule has 1 atom stereocenters. The largest absolute Gasteiger partial charge is 0.488 e. The van der Waals surface area contributed by atoms with Crippen LogP contribution in [0, 0.1) is 11.6 Å². The molecule has 3 aromatic rings. The first-order chi connectivity index (χ1) is 16.3. The molecule has 4 rings (SSSR count). The van der Waals surface area contributed by atoms with E-state index < -0.39 is 23.1 Å². The zero-order chi connectivity index (χ0) is 24.5. The van der Waals surface area contributed by atoms with Gasteiger partial charge in [-0.3, -0.25) is 4.79 Å². The van der Waals surface area contributed by atoms with Crippen LogP contribution in [0.2, 0.25) is 5.02 Å². The van der Waals surface area contributed by atoms with Crippen molar-refractivity contribution in [3.8, 4) is 22.6 Å². The fourth-order valence-electron chi connectivity index (χ4n) is 4.19. The fourth-order valence-corrected chi connectivity index (χ4v) is 4.45. The van der Waals surface area contributed by atoms with E-state index in [0.29, 0.717) is 5.56 Å². The van der Waals surface area contributed by atoms with Crippen molar-refractivity contribution in [2.75, 3.05) is 26.9 Å². The minimum Gasteiger partial charge on any atom is -0.488 e. The lowest BCUT2D eigenvalue weighted by molar-refractivity contribution is 0.1000. The normalized spacial score (nSPS) is 16.7. The summed E-state index contributed by atoms with van der Waals surface area (Å²) in [4.78, 5) is 12.2. The number of nitrogens with two attached hydrogens (primary N) is 2. The van der Waals surface area contributed by atoms with Gasteiger partial charge in [0.25, 0.3) is 0 Å². The Morgan fingerprint density at radius 3 is 2.53 bits per heavy atom. The molecule has 1 heterocycles. The minimum absolute atomic E-state index is 0.0218. The van der Waals surface area contributed by atoms with Gasteiger partial charge in [-0.15, -0.1) is 0 Å². The van der Waals surface area contributed by atoms with Crippen LogP contribution in [-0.4, -0.2) is 32.8 Å². The van der Waals surface area contributed by atoms with Crippen LogP contribution >= 0.6 is 11.6 Å². The van der Waals surface area contributed by atoms with Crippen molar-refractivity contribution in [2.24, 2.45) is 11.5 Å². The Kier molecular flexibility index (Phi) is 6.74. The molecular weight excluding hydrogens is 466 g/mol. The second kappa shape index (κ2) is 9.58. The van der Waals surface area contributed by atoms with Gasteiger partial charge in [0.2, 0.25) is 5.91 Å². The first-order valence-corrected chi connectivity index (χ1v) is 10.9. The second-order valence-corrected chi connectivity index (χ2v) is 8.25. The Bertz CT molecular complexity index is 1240. The van der Waals surface area contributed by atoms with Crippen LogP contribution in [0.3, 0.4) is 0 Å². The number of carbonyl (C=O) groups is 1. The third-order valence-electron chi connectivity index (χ3n) is 5.85. The lowest BCUT2D eigenvalue weighted by Crippen LogP contribution is -2.39. The first kappa shape index (κ1) is 23.9. The van der Waals surface area contributed by atoms with Crippen molar-refractivity contribution in [3.63, 3.8) is 0 Å². The molecule has 1 aliphatic heterocycles. The summed E-state index contributed by atoms with van der Waals surface area (Å²) in [6.45, 7) is 0.341. The van der Waals surface area contributed by atoms with Gasteiger partial charge in [0.1, 0.15) is 18.2 Å². The molecule has 0 spiro atoms. The number of rotatable bonds is 8. The summed E-state index contributed by atoms with van der Waals surface area (Å²) in [5, 5.41) is -0.362. The average Bonchev–Trinajstić information content (AvgIpc) is 3.21. The number of amides is 1. The van der Waals surface area contributed by atoms with Crippen molar-refractivity contribution in [1.82, 2.24) is 0 Å². The van der Waals surface area contributed by atoms with E-state index in [4.69, 9.17) is 37.3 Å². The molecule has 4 N–H and O–H groups in total. The molecule has 0 aromatic heterocycles. The fraction of sp³-hybridized carbons (Fsp3) is 0.240. The van der Waals surface area contributed by atoms with Crippen molar-refractivity contribution in [1.29, 1.82) is 0 Å². The molecule has 0 saturated carbocycles. The monoisotopic (exact) mass is 488 g/mol. The number of hydrogen-bond acceptors (Lipinski definition) is 5. The highest BCUT2D eigenvalue weighted by Gasteiger charge is 2.43. The smallest absolute Gasteiger partial charge is 0.249 e. The molecule has 1 amide bonds. The van der Waals surface area contributed by atoms with Gasteiger partial charge in [-0.1, -0.05) is 41.9 Å². The number of fused-ring (bicyclic) bond motifs is 1. The maximum atomic E-state index is 15.8.